The van der Waals surface area contributed by atoms with Gasteiger partial charge in [0.2, 0.25) is 0 Å². The van der Waals surface area contributed by atoms with Crippen LogP contribution >= 0.6 is 0 Å². The summed E-state index contributed by atoms with van der Waals surface area (Å²) in [5.41, 5.74) is 0.993. The molecule has 0 amide bonds. The Morgan fingerprint density at radius 1 is 1.12 bits per heavy atom. The van der Waals surface area contributed by atoms with E-state index in [1.165, 1.54) is 12.0 Å². The van der Waals surface area contributed by atoms with Gasteiger partial charge in [-0.1, -0.05) is 57.0 Å². The zero-order chi connectivity index (χ0) is 12.3. The summed E-state index contributed by atoms with van der Waals surface area (Å²) >= 11 is 0. The van der Waals surface area contributed by atoms with E-state index >= 15 is 0 Å². The lowest BCUT2D eigenvalue weighted by atomic mass is 9.86. The van der Waals surface area contributed by atoms with E-state index in [1.807, 2.05) is 0 Å². The fourth-order valence-corrected chi connectivity index (χ4v) is 3.22. The molecule has 0 saturated heterocycles. The van der Waals surface area contributed by atoms with Crippen molar-refractivity contribution in [3.63, 3.8) is 0 Å². The molecule has 17 heavy (non-hydrogen) atoms. The van der Waals surface area contributed by atoms with Crippen LogP contribution in [-0.2, 0) is 0 Å². The van der Waals surface area contributed by atoms with Crippen molar-refractivity contribution in [3.05, 3.63) is 35.9 Å². The van der Waals surface area contributed by atoms with Crippen molar-refractivity contribution in [1.29, 1.82) is 0 Å². The first-order valence-corrected chi connectivity index (χ1v) is 6.98. The standard InChI is InChI=1S/C16H24O/c1-3-10-16(17,11-4-2)15-12-14(15)13-8-6-5-7-9-13/h5-9,14-15,17H,3-4,10-12H2,1-2H3. The lowest BCUT2D eigenvalue weighted by Gasteiger charge is -2.28. The van der Waals surface area contributed by atoms with Crippen molar-refractivity contribution >= 4 is 0 Å². The van der Waals surface area contributed by atoms with Crippen LogP contribution in [0, 0.1) is 5.92 Å². The van der Waals surface area contributed by atoms with Gasteiger partial charge in [0.05, 0.1) is 5.60 Å². The van der Waals surface area contributed by atoms with Crippen LogP contribution in [-0.4, -0.2) is 10.7 Å². The van der Waals surface area contributed by atoms with Gasteiger partial charge in [0.25, 0.3) is 0 Å². The maximum atomic E-state index is 10.8. The molecule has 1 heteroatoms. The third-order valence-electron chi connectivity index (χ3n) is 4.07. The molecule has 1 aliphatic carbocycles. The van der Waals surface area contributed by atoms with Crippen LogP contribution in [0.15, 0.2) is 30.3 Å². The van der Waals surface area contributed by atoms with Gasteiger partial charge in [-0.15, -0.1) is 0 Å². The Kier molecular flexibility index (Phi) is 3.88. The fourth-order valence-electron chi connectivity index (χ4n) is 3.22. The Morgan fingerprint density at radius 2 is 1.71 bits per heavy atom. The minimum atomic E-state index is -0.413. The summed E-state index contributed by atoms with van der Waals surface area (Å²) in [6, 6.07) is 10.7. The Hall–Kier alpha value is -0.820. The predicted molar refractivity (Wildman–Crippen MR) is 72.1 cm³/mol. The van der Waals surface area contributed by atoms with Crippen LogP contribution in [0.25, 0.3) is 0 Å². The minimum Gasteiger partial charge on any atom is -0.390 e. The van der Waals surface area contributed by atoms with E-state index in [-0.39, 0.29) is 0 Å². The number of hydrogen-bond donors (Lipinski definition) is 1. The van der Waals surface area contributed by atoms with Gasteiger partial charge in [0, 0.05) is 0 Å². The molecule has 1 aromatic rings. The van der Waals surface area contributed by atoms with Crippen LogP contribution in [0.1, 0.15) is 57.4 Å². The first-order valence-electron chi connectivity index (χ1n) is 6.98. The van der Waals surface area contributed by atoms with Crippen molar-refractivity contribution in [3.8, 4) is 0 Å². The molecule has 1 nitrogen and oxygen atoms in total. The minimum absolute atomic E-state index is 0.413. The van der Waals surface area contributed by atoms with Gasteiger partial charge in [0.15, 0.2) is 0 Å². The van der Waals surface area contributed by atoms with Gasteiger partial charge in [0.1, 0.15) is 0 Å². The topological polar surface area (TPSA) is 20.2 Å². The molecule has 2 rings (SSSR count). The lowest BCUT2D eigenvalue weighted by molar-refractivity contribution is -0.00252. The van der Waals surface area contributed by atoms with Crippen LogP contribution < -0.4 is 0 Å². The fraction of sp³-hybridized carbons (Fsp3) is 0.625. The second kappa shape index (κ2) is 5.22. The summed E-state index contributed by atoms with van der Waals surface area (Å²) in [4.78, 5) is 0. The number of rotatable bonds is 6. The van der Waals surface area contributed by atoms with Crippen molar-refractivity contribution in [2.75, 3.05) is 0 Å². The first kappa shape index (κ1) is 12.6. The molecule has 2 unspecified atom stereocenters. The van der Waals surface area contributed by atoms with E-state index < -0.39 is 5.60 Å². The Labute approximate surface area is 105 Å². The highest BCUT2D eigenvalue weighted by molar-refractivity contribution is 5.27. The lowest BCUT2D eigenvalue weighted by Crippen LogP contribution is -2.31. The quantitative estimate of drug-likeness (QED) is 0.782. The molecule has 0 aliphatic heterocycles. The molecular formula is C16H24O. The summed E-state index contributed by atoms with van der Waals surface area (Å²) in [7, 11) is 0. The summed E-state index contributed by atoms with van der Waals surface area (Å²) < 4.78 is 0. The van der Waals surface area contributed by atoms with Gasteiger partial charge in [-0.2, -0.15) is 0 Å². The molecule has 0 radical (unpaired) electrons. The van der Waals surface area contributed by atoms with E-state index in [0.717, 1.165) is 25.7 Å². The van der Waals surface area contributed by atoms with Crippen LogP contribution in [0.4, 0.5) is 0 Å². The molecule has 1 aliphatic rings. The number of hydrogen-bond acceptors (Lipinski definition) is 1. The van der Waals surface area contributed by atoms with Gasteiger partial charge < -0.3 is 5.11 Å². The highest BCUT2D eigenvalue weighted by Gasteiger charge is 2.51. The zero-order valence-corrected chi connectivity index (χ0v) is 11.0. The van der Waals surface area contributed by atoms with Crippen LogP contribution in [0.5, 0.6) is 0 Å². The van der Waals surface area contributed by atoms with Gasteiger partial charge in [-0.25, -0.2) is 0 Å². The highest BCUT2D eigenvalue weighted by Crippen LogP contribution is 2.55. The average molecular weight is 232 g/mol. The summed E-state index contributed by atoms with van der Waals surface area (Å²) in [5.74, 6) is 1.09. The molecule has 0 spiro atoms. The van der Waals surface area contributed by atoms with Gasteiger partial charge in [-0.05, 0) is 36.7 Å². The Balaban J connectivity index is 2.05. The second-order valence-electron chi connectivity index (χ2n) is 5.46. The molecule has 1 N–H and O–H groups in total. The average Bonchev–Trinajstić information content (AvgIpc) is 3.11. The number of benzene rings is 1. The molecular weight excluding hydrogens is 208 g/mol. The van der Waals surface area contributed by atoms with Crippen molar-refractivity contribution in [2.24, 2.45) is 5.92 Å². The first-order chi connectivity index (χ1) is 8.21. The molecule has 1 fully saturated rings. The van der Waals surface area contributed by atoms with Crippen molar-refractivity contribution < 1.29 is 5.11 Å². The van der Waals surface area contributed by atoms with E-state index in [4.69, 9.17) is 0 Å². The van der Waals surface area contributed by atoms with E-state index in [1.54, 1.807) is 0 Å². The second-order valence-corrected chi connectivity index (χ2v) is 5.46. The molecule has 0 heterocycles. The van der Waals surface area contributed by atoms with Crippen LogP contribution in [0.3, 0.4) is 0 Å². The third-order valence-corrected chi connectivity index (χ3v) is 4.07. The molecule has 0 bridgehead atoms. The molecule has 2 atom stereocenters. The molecule has 94 valence electrons. The SMILES string of the molecule is CCCC(O)(CCC)C1CC1c1ccccc1. The maximum absolute atomic E-state index is 10.8. The summed E-state index contributed by atoms with van der Waals surface area (Å²) in [6.45, 7) is 4.33. The van der Waals surface area contributed by atoms with E-state index in [2.05, 4.69) is 44.2 Å². The third kappa shape index (κ3) is 2.71. The normalized spacial score (nSPS) is 23.7. The predicted octanol–water partition coefficient (Wildman–Crippen LogP) is 4.12. The molecule has 0 aromatic heterocycles. The highest BCUT2D eigenvalue weighted by atomic mass is 16.3. The maximum Gasteiger partial charge on any atom is 0.0681 e. The van der Waals surface area contributed by atoms with Gasteiger partial charge in [-0.3, -0.25) is 0 Å². The van der Waals surface area contributed by atoms with Crippen LogP contribution in [0.2, 0.25) is 0 Å². The van der Waals surface area contributed by atoms with Crippen molar-refractivity contribution in [2.45, 2.75) is 57.5 Å². The Morgan fingerprint density at radius 3 is 2.24 bits per heavy atom. The Bertz CT molecular complexity index is 338. The summed E-state index contributed by atoms with van der Waals surface area (Å²) in [5, 5.41) is 10.8. The van der Waals surface area contributed by atoms with E-state index in [9.17, 15) is 5.11 Å². The summed E-state index contributed by atoms with van der Waals surface area (Å²) in [6.07, 6.45) is 5.23. The monoisotopic (exact) mass is 232 g/mol. The molecule has 1 saturated carbocycles. The largest absolute Gasteiger partial charge is 0.390 e. The van der Waals surface area contributed by atoms with E-state index in [0.29, 0.717) is 11.8 Å². The molecule has 1 aromatic carbocycles. The smallest absolute Gasteiger partial charge is 0.0681 e. The number of aliphatic hydroxyl groups is 1. The van der Waals surface area contributed by atoms with Crippen molar-refractivity contribution in [1.82, 2.24) is 0 Å². The van der Waals surface area contributed by atoms with Gasteiger partial charge >= 0.3 is 0 Å². The zero-order valence-electron chi connectivity index (χ0n) is 11.0.